The van der Waals surface area contributed by atoms with Crippen LogP contribution in [0.15, 0.2) is 57.3 Å². The number of carbonyl (C=O) groups is 1. The van der Waals surface area contributed by atoms with E-state index in [1.165, 1.54) is 5.56 Å². The Hall–Kier alpha value is -2.78. The van der Waals surface area contributed by atoms with Crippen molar-refractivity contribution in [3.8, 4) is 11.5 Å². The number of methoxy groups -OCH3 is 1. The molecule has 2 aliphatic rings. The summed E-state index contributed by atoms with van der Waals surface area (Å²) in [6.07, 6.45) is 2.29. The Labute approximate surface area is 236 Å². The fourth-order valence-corrected chi connectivity index (χ4v) is 6.40. The normalized spacial score (nSPS) is 18.1. The third-order valence-electron chi connectivity index (χ3n) is 6.78. The third-order valence-corrected chi connectivity index (χ3v) is 8.41. The highest BCUT2D eigenvalue weighted by Crippen LogP contribution is 2.48. The largest absolute Gasteiger partial charge is 0.493 e. The van der Waals surface area contributed by atoms with Gasteiger partial charge in [0, 0.05) is 23.4 Å². The van der Waals surface area contributed by atoms with Gasteiger partial charge >= 0.3 is 0 Å². The lowest BCUT2D eigenvalue weighted by molar-refractivity contribution is -0.118. The van der Waals surface area contributed by atoms with E-state index in [4.69, 9.17) is 19.6 Å². The summed E-state index contributed by atoms with van der Waals surface area (Å²) in [5.74, 6) is 2.93. The van der Waals surface area contributed by atoms with E-state index in [0.29, 0.717) is 35.6 Å². The number of allylic oxidation sites excluding steroid dienone is 2. The molecule has 1 aliphatic carbocycles. The molecule has 200 valence electrons. The maximum atomic E-state index is 13.6. The van der Waals surface area contributed by atoms with Crippen LogP contribution in [0.5, 0.6) is 11.5 Å². The number of fused-ring (bicyclic) bond motifs is 1. The fourth-order valence-electron chi connectivity index (χ4n) is 5.15. The van der Waals surface area contributed by atoms with Gasteiger partial charge in [0.1, 0.15) is 12.6 Å². The number of benzene rings is 2. The molecule has 38 heavy (non-hydrogen) atoms. The van der Waals surface area contributed by atoms with E-state index in [9.17, 15) is 4.79 Å². The van der Waals surface area contributed by atoms with Crippen LogP contribution in [0.4, 0.5) is 5.95 Å². The molecule has 0 saturated carbocycles. The van der Waals surface area contributed by atoms with E-state index in [2.05, 4.69) is 61.1 Å². The predicted molar refractivity (Wildman–Crippen MR) is 154 cm³/mol. The molecule has 1 N–H and O–H groups in total. The molecule has 9 heteroatoms. The van der Waals surface area contributed by atoms with Crippen LogP contribution in [0.25, 0.3) is 0 Å². The summed E-state index contributed by atoms with van der Waals surface area (Å²) in [4.78, 5) is 18.3. The van der Waals surface area contributed by atoms with Gasteiger partial charge in [-0.05, 0) is 64.4 Å². The number of anilines is 1. The summed E-state index contributed by atoms with van der Waals surface area (Å²) in [7, 11) is 1.63. The molecule has 0 spiro atoms. The molecule has 2 aromatic carbocycles. The van der Waals surface area contributed by atoms with Gasteiger partial charge in [0.2, 0.25) is 11.1 Å². The van der Waals surface area contributed by atoms with E-state index in [0.717, 1.165) is 45.5 Å². The molecule has 7 nitrogen and oxygen atoms in total. The summed E-state index contributed by atoms with van der Waals surface area (Å²) in [5, 5.41) is 8.98. The molecule has 0 bridgehead atoms. The smallest absolute Gasteiger partial charge is 0.227 e. The summed E-state index contributed by atoms with van der Waals surface area (Å²) < 4.78 is 14.6. The summed E-state index contributed by atoms with van der Waals surface area (Å²) >= 11 is 5.35. The molecule has 2 heterocycles. The van der Waals surface area contributed by atoms with Crippen molar-refractivity contribution < 1.29 is 14.3 Å². The minimum atomic E-state index is -0.413. The lowest BCUT2D eigenvalue weighted by atomic mass is 9.73. The van der Waals surface area contributed by atoms with Crippen LogP contribution in [-0.2, 0) is 11.4 Å². The number of hydrogen-bond acceptors (Lipinski definition) is 7. The van der Waals surface area contributed by atoms with Gasteiger partial charge in [-0.2, -0.15) is 4.98 Å². The highest BCUT2D eigenvalue weighted by molar-refractivity contribution is 9.10. The van der Waals surface area contributed by atoms with Gasteiger partial charge in [-0.25, -0.2) is 4.68 Å². The monoisotopic (exact) mass is 596 g/mol. The molecule has 0 fully saturated rings. The predicted octanol–water partition coefficient (Wildman–Crippen LogP) is 7.10. The van der Waals surface area contributed by atoms with E-state index < -0.39 is 6.04 Å². The van der Waals surface area contributed by atoms with Gasteiger partial charge < -0.3 is 14.8 Å². The SMILES string of the molecule is CCCSc1nc2n(n1)C(c1cc(Br)c(OCc3cccc(C)c3)c(OC)c1)C1=C(CC(C)(C)CC1=O)N2. The molecule has 0 amide bonds. The zero-order valence-electron chi connectivity index (χ0n) is 22.4. The summed E-state index contributed by atoms with van der Waals surface area (Å²) in [6.45, 7) is 8.88. The van der Waals surface area contributed by atoms with Crippen molar-refractivity contribution in [1.29, 1.82) is 0 Å². The second-order valence-electron chi connectivity index (χ2n) is 10.7. The molecule has 1 atom stereocenters. The quantitative estimate of drug-likeness (QED) is 0.278. The second-order valence-corrected chi connectivity index (χ2v) is 12.6. The molecular weight excluding hydrogens is 564 g/mol. The first-order valence-electron chi connectivity index (χ1n) is 12.9. The topological polar surface area (TPSA) is 78.3 Å². The number of hydrogen-bond donors (Lipinski definition) is 1. The highest BCUT2D eigenvalue weighted by atomic mass is 79.9. The van der Waals surface area contributed by atoms with Crippen LogP contribution in [0.3, 0.4) is 0 Å². The average molecular weight is 598 g/mol. The number of halogens is 1. The van der Waals surface area contributed by atoms with Gasteiger partial charge in [0.05, 0.1) is 11.6 Å². The minimum absolute atomic E-state index is 0.124. The lowest BCUT2D eigenvalue weighted by Gasteiger charge is -2.38. The number of nitrogens with one attached hydrogen (secondary N) is 1. The van der Waals surface area contributed by atoms with Crippen LogP contribution in [-0.4, -0.2) is 33.4 Å². The average Bonchev–Trinajstić information content (AvgIpc) is 3.26. The van der Waals surface area contributed by atoms with Crippen LogP contribution >= 0.6 is 27.7 Å². The Kier molecular flexibility index (Phi) is 7.60. The molecular formula is C29H33BrN4O3S. The Bertz CT molecular complexity index is 1410. The van der Waals surface area contributed by atoms with Crippen LogP contribution in [0.2, 0.25) is 0 Å². The maximum absolute atomic E-state index is 13.6. The van der Waals surface area contributed by atoms with Crippen molar-refractivity contribution in [2.75, 3.05) is 18.2 Å². The Morgan fingerprint density at radius 1 is 1.24 bits per heavy atom. The Morgan fingerprint density at radius 2 is 2.05 bits per heavy atom. The van der Waals surface area contributed by atoms with Gasteiger partial charge in [-0.15, -0.1) is 5.10 Å². The van der Waals surface area contributed by atoms with E-state index >= 15 is 0 Å². The third kappa shape index (κ3) is 5.36. The minimum Gasteiger partial charge on any atom is -0.493 e. The molecule has 3 aromatic rings. The number of thioether (sulfide) groups is 1. The first-order chi connectivity index (χ1) is 18.2. The number of nitrogens with zero attached hydrogens (tertiary/aromatic N) is 3. The Morgan fingerprint density at radius 3 is 2.79 bits per heavy atom. The van der Waals surface area contributed by atoms with E-state index in [1.807, 2.05) is 28.9 Å². The maximum Gasteiger partial charge on any atom is 0.227 e. The molecule has 1 aromatic heterocycles. The molecule has 0 radical (unpaired) electrons. The van der Waals surface area contributed by atoms with Crippen LogP contribution < -0.4 is 14.8 Å². The van der Waals surface area contributed by atoms with Crippen molar-refractivity contribution in [3.05, 3.63) is 68.8 Å². The highest BCUT2D eigenvalue weighted by Gasteiger charge is 2.42. The summed E-state index contributed by atoms with van der Waals surface area (Å²) in [6, 6.07) is 11.8. The van der Waals surface area contributed by atoms with Gasteiger partial charge in [-0.1, -0.05) is 62.4 Å². The first kappa shape index (κ1) is 26.8. The molecule has 1 aliphatic heterocycles. The zero-order chi connectivity index (χ0) is 27.0. The number of rotatable bonds is 8. The van der Waals surface area contributed by atoms with Crippen molar-refractivity contribution in [2.24, 2.45) is 5.41 Å². The lowest BCUT2D eigenvalue weighted by Crippen LogP contribution is -2.36. The van der Waals surface area contributed by atoms with Crippen molar-refractivity contribution >= 4 is 39.4 Å². The van der Waals surface area contributed by atoms with Crippen LogP contribution in [0.1, 0.15) is 62.8 Å². The second kappa shape index (κ2) is 10.8. The fraction of sp³-hybridized carbons (Fsp3) is 0.414. The molecule has 1 unspecified atom stereocenters. The number of aromatic nitrogens is 3. The van der Waals surface area contributed by atoms with Crippen molar-refractivity contribution in [3.63, 3.8) is 0 Å². The number of ketones is 1. The standard InChI is InChI=1S/C29H33BrN4O3S/c1-6-10-38-28-32-27-31-21-14-29(3,4)15-22(35)24(21)25(34(27)33-28)19-12-20(30)26(23(13-19)36-5)37-16-18-9-7-8-17(2)11-18/h7-9,11-13,25H,6,10,14-16H2,1-5H3,(H,31,32,33). The van der Waals surface area contributed by atoms with Gasteiger partial charge in [0.25, 0.3) is 0 Å². The first-order valence-corrected chi connectivity index (χ1v) is 14.7. The number of aryl methyl sites for hydroxylation is 1. The van der Waals surface area contributed by atoms with Crippen LogP contribution in [0, 0.1) is 12.3 Å². The molecule has 5 rings (SSSR count). The van der Waals surface area contributed by atoms with Crippen molar-refractivity contribution in [2.45, 2.75) is 64.8 Å². The number of Topliss-reactive ketones (excluding diaryl/α,β-unsaturated/α-hetero) is 1. The Balaban J connectivity index is 1.56. The zero-order valence-corrected chi connectivity index (χ0v) is 24.8. The number of ether oxygens (including phenoxy) is 2. The summed E-state index contributed by atoms with van der Waals surface area (Å²) in [5.41, 5.74) is 4.70. The van der Waals surface area contributed by atoms with E-state index in [1.54, 1.807) is 18.9 Å². The number of carbonyl (C=O) groups excluding carboxylic acids is 1. The van der Waals surface area contributed by atoms with E-state index in [-0.39, 0.29) is 11.2 Å². The van der Waals surface area contributed by atoms with Crippen molar-refractivity contribution in [1.82, 2.24) is 14.8 Å². The van der Waals surface area contributed by atoms with Gasteiger partial charge in [0.15, 0.2) is 17.3 Å². The molecule has 0 saturated heterocycles. The van der Waals surface area contributed by atoms with Gasteiger partial charge in [-0.3, -0.25) is 4.79 Å².